The Morgan fingerprint density at radius 1 is 0.794 bits per heavy atom. The molecule has 1 amide bonds. The van der Waals surface area contributed by atoms with E-state index in [1.54, 1.807) is 0 Å². The van der Waals surface area contributed by atoms with Crippen LogP contribution in [0.5, 0.6) is 0 Å². The van der Waals surface area contributed by atoms with E-state index < -0.39 is 29.2 Å². The smallest absolute Gasteiger partial charge is 0.417 e. The number of benzene rings is 1. The summed E-state index contributed by atoms with van der Waals surface area (Å²) in [5, 5.41) is 0. The Morgan fingerprint density at radius 3 is 1.76 bits per heavy atom. The predicted molar refractivity (Wildman–Crippen MR) is 130 cm³/mol. The maximum atomic E-state index is 13.1. The summed E-state index contributed by atoms with van der Waals surface area (Å²) in [6.45, 7) is 2.12. The molecule has 0 aliphatic heterocycles. The first kappa shape index (κ1) is 30.0. The van der Waals surface area contributed by atoms with Crippen molar-refractivity contribution in [2.24, 2.45) is 0 Å². The minimum absolute atomic E-state index is 0.262. The summed E-state index contributed by atoms with van der Waals surface area (Å²) in [6.07, 6.45) is 12.6. The minimum atomic E-state index is -4.64. The second-order valence-electron chi connectivity index (χ2n) is 9.02. The molecule has 1 rings (SSSR count). The van der Waals surface area contributed by atoms with E-state index in [9.17, 15) is 22.8 Å². The predicted octanol–water partition coefficient (Wildman–Crippen LogP) is 7.80. The van der Waals surface area contributed by atoms with Crippen molar-refractivity contribution in [3.8, 4) is 0 Å². The van der Waals surface area contributed by atoms with Gasteiger partial charge in [0, 0.05) is 7.05 Å². The molecule has 0 spiro atoms. The number of amides is 1. The molecular weight excluding hydrogens is 443 g/mol. The Hall–Kier alpha value is -2.05. The SMILES string of the molecule is CCCCCCCCCCCCCCCCOC(=O)CN(C)C(=O)c1ccccc1C(F)(F)F. The molecular formula is C27H42F3NO3. The number of carbonyl (C=O) groups excluding carboxylic acids is 2. The van der Waals surface area contributed by atoms with Crippen LogP contribution in [-0.4, -0.2) is 37.0 Å². The number of nitrogens with zero attached hydrogens (tertiary/aromatic N) is 1. The van der Waals surface area contributed by atoms with Crippen LogP contribution >= 0.6 is 0 Å². The van der Waals surface area contributed by atoms with E-state index in [0.29, 0.717) is 0 Å². The molecule has 0 saturated heterocycles. The maximum Gasteiger partial charge on any atom is 0.417 e. The summed E-state index contributed by atoms with van der Waals surface area (Å²) in [4.78, 5) is 25.3. The Labute approximate surface area is 203 Å². The molecule has 0 aliphatic rings. The van der Waals surface area contributed by atoms with Gasteiger partial charge in [0.15, 0.2) is 0 Å². The Morgan fingerprint density at radius 2 is 1.26 bits per heavy atom. The normalized spacial score (nSPS) is 11.4. The van der Waals surface area contributed by atoms with Gasteiger partial charge in [0.25, 0.3) is 5.91 Å². The molecule has 194 valence electrons. The number of hydrogen-bond acceptors (Lipinski definition) is 3. The average Bonchev–Trinajstić information content (AvgIpc) is 2.80. The number of esters is 1. The number of unbranched alkanes of at least 4 members (excludes halogenated alkanes) is 13. The second-order valence-corrected chi connectivity index (χ2v) is 9.02. The molecule has 0 heterocycles. The van der Waals surface area contributed by atoms with Gasteiger partial charge in [-0.3, -0.25) is 9.59 Å². The minimum Gasteiger partial charge on any atom is -0.464 e. The van der Waals surface area contributed by atoms with Gasteiger partial charge in [-0.25, -0.2) is 0 Å². The molecule has 0 bridgehead atoms. The van der Waals surface area contributed by atoms with Crippen LogP contribution in [0.4, 0.5) is 13.2 Å². The van der Waals surface area contributed by atoms with Crippen molar-refractivity contribution >= 4 is 11.9 Å². The topological polar surface area (TPSA) is 46.6 Å². The first-order valence-electron chi connectivity index (χ1n) is 12.8. The lowest BCUT2D eigenvalue weighted by Gasteiger charge is -2.19. The second kappa shape index (κ2) is 17.4. The van der Waals surface area contributed by atoms with E-state index in [-0.39, 0.29) is 13.2 Å². The van der Waals surface area contributed by atoms with E-state index in [2.05, 4.69) is 6.92 Å². The standard InChI is InChI=1S/C27H42F3NO3/c1-3-4-5-6-7-8-9-10-11-12-13-14-15-18-21-34-25(32)22-31(2)26(33)23-19-16-17-20-24(23)27(28,29)30/h16-17,19-20H,3-15,18,21-22H2,1-2H3. The van der Waals surface area contributed by atoms with Gasteiger partial charge < -0.3 is 9.64 Å². The lowest BCUT2D eigenvalue weighted by Crippen LogP contribution is -2.34. The molecule has 0 fully saturated rings. The van der Waals surface area contributed by atoms with E-state index in [4.69, 9.17) is 4.74 Å². The van der Waals surface area contributed by atoms with Crippen molar-refractivity contribution in [2.45, 2.75) is 103 Å². The quantitative estimate of drug-likeness (QED) is 0.157. The number of hydrogen-bond donors (Lipinski definition) is 0. The molecule has 0 unspecified atom stereocenters. The molecule has 0 N–H and O–H groups in total. The highest BCUT2D eigenvalue weighted by Crippen LogP contribution is 2.32. The number of likely N-dealkylation sites (N-methyl/N-ethyl adjacent to an activating group) is 1. The van der Waals surface area contributed by atoms with Crippen molar-refractivity contribution in [1.82, 2.24) is 4.90 Å². The van der Waals surface area contributed by atoms with Crippen molar-refractivity contribution in [1.29, 1.82) is 0 Å². The fourth-order valence-electron chi connectivity index (χ4n) is 3.92. The van der Waals surface area contributed by atoms with E-state index in [0.717, 1.165) is 36.3 Å². The van der Waals surface area contributed by atoms with Crippen LogP contribution in [0, 0.1) is 0 Å². The van der Waals surface area contributed by atoms with Crippen LogP contribution < -0.4 is 0 Å². The Balaban J connectivity index is 2.08. The van der Waals surface area contributed by atoms with Gasteiger partial charge >= 0.3 is 12.1 Å². The van der Waals surface area contributed by atoms with Crippen LogP contribution in [0.1, 0.15) is 113 Å². The fourth-order valence-corrected chi connectivity index (χ4v) is 3.92. The van der Waals surface area contributed by atoms with E-state index in [1.807, 2.05) is 0 Å². The lowest BCUT2D eigenvalue weighted by atomic mass is 10.0. The van der Waals surface area contributed by atoms with Crippen molar-refractivity contribution in [3.63, 3.8) is 0 Å². The molecule has 7 heteroatoms. The molecule has 4 nitrogen and oxygen atoms in total. The molecule has 0 aromatic heterocycles. The summed E-state index contributed by atoms with van der Waals surface area (Å²) < 4.78 is 44.5. The Bertz CT molecular complexity index is 707. The van der Waals surface area contributed by atoms with Gasteiger partial charge in [0.2, 0.25) is 0 Å². The monoisotopic (exact) mass is 485 g/mol. The highest BCUT2D eigenvalue weighted by Gasteiger charge is 2.35. The van der Waals surface area contributed by atoms with Crippen molar-refractivity contribution in [3.05, 3.63) is 35.4 Å². The number of carbonyl (C=O) groups is 2. The summed E-state index contributed by atoms with van der Waals surface area (Å²) in [7, 11) is 1.29. The summed E-state index contributed by atoms with van der Waals surface area (Å²) in [5.74, 6) is -1.48. The zero-order valence-electron chi connectivity index (χ0n) is 20.9. The van der Waals surface area contributed by atoms with Crippen LogP contribution in [-0.2, 0) is 15.7 Å². The third kappa shape index (κ3) is 13.0. The van der Waals surface area contributed by atoms with Gasteiger partial charge in [-0.05, 0) is 18.6 Å². The van der Waals surface area contributed by atoms with Gasteiger partial charge in [-0.1, -0.05) is 103 Å². The highest BCUT2D eigenvalue weighted by atomic mass is 19.4. The number of ether oxygens (including phenoxy) is 1. The maximum absolute atomic E-state index is 13.1. The third-order valence-electron chi connectivity index (χ3n) is 5.94. The number of halogens is 3. The largest absolute Gasteiger partial charge is 0.464 e. The molecule has 34 heavy (non-hydrogen) atoms. The Kier molecular flexibility index (Phi) is 15.3. The number of alkyl halides is 3. The van der Waals surface area contributed by atoms with Crippen molar-refractivity contribution < 1.29 is 27.5 Å². The summed E-state index contributed by atoms with van der Waals surface area (Å²) >= 11 is 0. The van der Waals surface area contributed by atoms with Gasteiger partial charge in [-0.15, -0.1) is 0 Å². The van der Waals surface area contributed by atoms with Crippen LogP contribution in [0.25, 0.3) is 0 Å². The fraction of sp³-hybridized carbons (Fsp3) is 0.704. The average molecular weight is 486 g/mol. The lowest BCUT2D eigenvalue weighted by molar-refractivity contribution is -0.144. The number of rotatable bonds is 18. The van der Waals surface area contributed by atoms with Gasteiger partial charge in [0.1, 0.15) is 6.54 Å². The first-order valence-corrected chi connectivity index (χ1v) is 12.8. The molecule has 0 aliphatic carbocycles. The molecule has 0 saturated carbocycles. The van der Waals surface area contributed by atoms with E-state index in [1.165, 1.54) is 89.8 Å². The first-order chi connectivity index (χ1) is 16.3. The van der Waals surface area contributed by atoms with Crippen LogP contribution in [0.15, 0.2) is 24.3 Å². The highest BCUT2D eigenvalue weighted by molar-refractivity contribution is 5.97. The zero-order chi connectivity index (χ0) is 25.2. The molecule has 1 aromatic rings. The molecule has 0 atom stereocenters. The summed E-state index contributed by atoms with van der Waals surface area (Å²) in [5.41, 5.74) is -1.49. The summed E-state index contributed by atoms with van der Waals surface area (Å²) in [6, 6.07) is 4.56. The molecule has 0 radical (unpaired) electrons. The van der Waals surface area contributed by atoms with Crippen LogP contribution in [0.2, 0.25) is 0 Å². The van der Waals surface area contributed by atoms with E-state index >= 15 is 0 Å². The third-order valence-corrected chi connectivity index (χ3v) is 5.94. The van der Waals surface area contributed by atoms with Gasteiger partial charge in [-0.2, -0.15) is 13.2 Å². The van der Waals surface area contributed by atoms with Crippen molar-refractivity contribution in [2.75, 3.05) is 20.2 Å². The van der Waals surface area contributed by atoms with Gasteiger partial charge in [0.05, 0.1) is 17.7 Å². The molecule has 1 aromatic carbocycles. The zero-order valence-corrected chi connectivity index (χ0v) is 20.9. The van der Waals surface area contributed by atoms with Crippen LogP contribution in [0.3, 0.4) is 0 Å².